The van der Waals surface area contributed by atoms with Crippen LogP contribution in [0.2, 0.25) is 0 Å². The summed E-state index contributed by atoms with van der Waals surface area (Å²) in [7, 11) is 0. The molecule has 2 rings (SSSR count). The maximum atomic E-state index is 11.9. The van der Waals surface area contributed by atoms with E-state index in [-0.39, 0.29) is 5.56 Å². The molecule has 3 nitrogen and oxygen atoms in total. The number of nitrogens with zero attached hydrogens (tertiary/aromatic N) is 1. The van der Waals surface area contributed by atoms with Gasteiger partial charge in [0.1, 0.15) is 0 Å². The van der Waals surface area contributed by atoms with Crippen LogP contribution in [0.4, 0.5) is 0 Å². The van der Waals surface area contributed by atoms with E-state index in [2.05, 4.69) is 6.92 Å². The fourth-order valence-corrected chi connectivity index (χ4v) is 2.83. The zero-order valence-corrected chi connectivity index (χ0v) is 9.94. The van der Waals surface area contributed by atoms with Crippen LogP contribution in [0.5, 0.6) is 0 Å². The largest absolute Gasteiger partial charge is 0.425 e. The van der Waals surface area contributed by atoms with Crippen molar-refractivity contribution in [3.63, 3.8) is 0 Å². The van der Waals surface area contributed by atoms with E-state index in [9.17, 15) is 10.0 Å². The van der Waals surface area contributed by atoms with Gasteiger partial charge in [-0.15, -0.1) is 0 Å². The average molecular weight is 221 g/mol. The lowest BCUT2D eigenvalue weighted by molar-refractivity contribution is 0.171. The summed E-state index contributed by atoms with van der Waals surface area (Å²) in [4.78, 5) is 11.9. The van der Waals surface area contributed by atoms with Gasteiger partial charge in [0, 0.05) is 11.8 Å². The number of hydrogen-bond acceptors (Lipinski definition) is 2. The highest BCUT2D eigenvalue weighted by Crippen LogP contribution is 2.37. The van der Waals surface area contributed by atoms with Crippen LogP contribution in [0.1, 0.15) is 49.7 Å². The molecule has 1 heterocycles. The third-order valence-electron chi connectivity index (χ3n) is 3.81. The Morgan fingerprint density at radius 3 is 2.75 bits per heavy atom. The van der Waals surface area contributed by atoms with Crippen LogP contribution in [0.3, 0.4) is 0 Å². The van der Waals surface area contributed by atoms with Gasteiger partial charge in [-0.1, -0.05) is 26.2 Å². The van der Waals surface area contributed by atoms with Crippen LogP contribution in [0.15, 0.2) is 17.1 Å². The van der Waals surface area contributed by atoms with Crippen LogP contribution >= 0.6 is 0 Å². The molecule has 1 aromatic rings. The van der Waals surface area contributed by atoms with Gasteiger partial charge in [-0.25, -0.2) is 0 Å². The lowest BCUT2D eigenvalue weighted by atomic mass is 9.76. The fraction of sp³-hybridized carbons (Fsp3) is 0.615. The van der Waals surface area contributed by atoms with Crippen molar-refractivity contribution in [1.29, 1.82) is 0 Å². The van der Waals surface area contributed by atoms with E-state index in [1.54, 1.807) is 0 Å². The summed E-state index contributed by atoms with van der Waals surface area (Å²) in [5.41, 5.74) is 1.59. The molecule has 0 radical (unpaired) electrons. The molecule has 3 heteroatoms. The molecule has 1 aromatic heterocycles. The van der Waals surface area contributed by atoms with Gasteiger partial charge in [0.05, 0.1) is 0 Å². The highest BCUT2D eigenvalue weighted by molar-refractivity contribution is 5.27. The summed E-state index contributed by atoms with van der Waals surface area (Å²) >= 11 is 0. The molecule has 0 spiro atoms. The Labute approximate surface area is 95.7 Å². The maximum absolute atomic E-state index is 11.9. The summed E-state index contributed by atoms with van der Waals surface area (Å²) in [6.07, 6.45) is 6.13. The molecule has 1 saturated carbocycles. The lowest BCUT2D eigenvalue weighted by Crippen LogP contribution is -2.28. The quantitative estimate of drug-likeness (QED) is 0.741. The van der Waals surface area contributed by atoms with Crippen LogP contribution in [-0.2, 0) is 0 Å². The number of rotatable bonds is 1. The normalized spacial score (nSPS) is 25.6. The molecule has 88 valence electrons. The number of aromatic nitrogens is 1. The zero-order chi connectivity index (χ0) is 11.7. The first-order chi connectivity index (χ1) is 7.61. The first-order valence-electron chi connectivity index (χ1n) is 6.02. The van der Waals surface area contributed by atoms with Gasteiger partial charge in [-0.2, -0.15) is 4.73 Å². The standard InChI is InChI=1S/C13H19NO2/c1-9-5-3-4-6-11(9)12-10(2)7-8-14(16)13(12)15/h7-9,11,16H,3-6H2,1-2H3. The molecule has 1 aliphatic rings. The van der Waals surface area contributed by atoms with Crippen molar-refractivity contribution in [2.45, 2.75) is 45.4 Å². The molecule has 0 aliphatic heterocycles. The van der Waals surface area contributed by atoms with Gasteiger partial charge in [0.2, 0.25) is 0 Å². The summed E-state index contributed by atoms with van der Waals surface area (Å²) in [5.74, 6) is 0.864. The van der Waals surface area contributed by atoms with Gasteiger partial charge in [-0.3, -0.25) is 4.79 Å². The summed E-state index contributed by atoms with van der Waals surface area (Å²) < 4.78 is 0.712. The number of aryl methyl sites for hydroxylation is 1. The Morgan fingerprint density at radius 2 is 2.06 bits per heavy atom. The van der Waals surface area contributed by atoms with Gasteiger partial charge in [0.15, 0.2) is 0 Å². The Kier molecular flexibility index (Phi) is 3.03. The lowest BCUT2D eigenvalue weighted by Gasteiger charge is -2.29. The van der Waals surface area contributed by atoms with Crippen molar-refractivity contribution >= 4 is 0 Å². The molecular formula is C13H19NO2. The molecule has 1 aliphatic carbocycles. The highest BCUT2D eigenvalue weighted by atomic mass is 16.5. The van der Waals surface area contributed by atoms with Gasteiger partial charge in [0.25, 0.3) is 5.56 Å². The van der Waals surface area contributed by atoms with E-state index < -0.39 is 0 Å². The van der Waals surface area contributed by atoms with Crippen LogP contribution in [0, 0.1) is 12.8 Å². The Balaban J connectivity index is 2.46. The first kappa shape index (κ1) is 11.2. The molecule has 16 heavy (non-hydrogen) atoms. The van der Waals surface area contributed by atoms with Crippen LogP contribution < -0.4 is 5.56 Å². The predicted octanol–water partition coefficient (Wildman–Crippen LogP) is 2.69. The predicted molar refractivity (Wildman–Crippen MR) is 63.0 cm³/mol. The van der Waals surface area contributed by atoms with E-state index >= 15 is 0 Å². The van der Waals surface area contributed by atoms with E-state index in [1.165, 1.54) is 25.5 Å². The van der Waals surface area contributed by atoms with E-state index in [0.717, 1.165) is 17.5 Å². The third-order valence-corrected chi connectivity index (χ3v) is 3.81. The molecule has 0 saturated heterocycles. The Morgan fingerprint density at radius 1 is 1.38 bits per heavy atom. The highest BCUT2D eigenvalue weighted by Gasteiger charge is 2.26. The molecule has 1 fully saturated rings. The molecular weight excluding hydrogens is 202 g/mol. The smallest absolute Gasteiger partial charge is 0.286 e. The molecule has 2 atom stereocenters. The Bertz CT molecular complexity index is 436. The second-order valence-electron chi connectivity index (χ2n) is 4.93. The summed E-state index contributed by atoms with van der Waals surface area (Å²) in [6.45, 7) is 4.16. The molecule has 1 N–H and O–H groups in total. The van der Waals surface area contributed by atoms with E-state index in [0.29, 0.717) is 16.6 Å². The number of pyridine rings is 1. The molecule has 0 amide bonds. The second-order valence-corrected chi connectivity index (χ2v) is 4.93. The number of hydrogen-bond donors (Lipinski definition) is 1. The fourth-order valence-electron chi connectivity index (χ4n) is 2.83. The average Bonchev–Trinajstić information content (AvgIpc) is 2.27. The van der Waals surface area contributed by atoms with Gasteiger partial charge in [-0.05, 0) is 36.8 Å². The molecule has 0 aromatic carbocycles. The zero-order valence-electron chi connectivity index (χ0n) is 9.94. The van der Waals surface area contributed by atoms with Crippen molar-refractivity contribution in [2.24, 2.45) is 5.92 Å². The molecule has 0 bridgehead atoms. The van der Waals surface area contributed by atoms with Crippen LogP contribution in [-0.4, -0.2) is 9.94 Å². The third kappa shape index (κ3) is 1.86. The summed E-state index contributed by atoms with van der Waals surface area (Å²) in [5, 5.41) is 9.45. The van der Waals surface area contributed by atoms with E-state index in [4.69, 9.17) is 0 Å². The van der Waals surface area contributed by atoms with Crippen molar-refractivity contribution < 1.29 is 5.21 Å². The van der Waals surface area contributed by atoms with Crippen molar-refractivity contribution in [3.05, 3.63) is 33.7 Å². The van der Waals surface area contributed by atoms with Crippen molar-refractivity contribution in [2.75, 3.05) is 0 Å². The molecule has 2 unspecified atom stereocenters. The minimum atomic E-state index is -0.237. The summed E-state index contributed by atoms with van der Waals surface area (Å²) in [6, 6.07) is 1.82. The minimum Gasteiger partial charge on any atom is -0.425 e. The second kappa shape index (κ2) is 4.32. The van der Waals surface area contributed by atoms with E-state index in [1.807, 2.05) is 13.0 Å². The maximum Gasteiger partial charge on any atom is 0.286 e. The van der Waals surface area contributed by atoms with Crippen LogP contribution in [0.25, 0.3) is 0 Å². The first-order valence-corrected chi connectivity index (χ1v) is 6.02. The van der Waals surface area contributed by atoms with Crippen molar-refractivity contribution in [1.82, 2.24) is 4.73 Å². The monoisotopic (exact) mass is 221 g/mol. The Hall–Kier alpha value is -1.25. The minimum absolute atomic E-state index is 0.237. The van der Waals surface area contributed by atoms with Gasteiger partial charge >= 0.3 is 0 Å². The van der Waals surface area contributed by atoms with Crippen molar-refractivity contribution in [3.8, 4) is 0 Å². The topological polar surface area (TPSA) is 42.2 Å². The SMILES string of the molecule is Cc1ccn(O)c(=O)c1C1CCCCC1C. The van der Waals surface area contributed by atoms with Gasteiger partial charge < -0.3 is 5.21 Å².